The third-order valence-electron chi connectivity index (χ3n) is 5.37. The average molecular weight is 364 g/mol. The molecule has 0 saturated carbocycles. The number of para-hydroxylation sites is 1. The van der Waals surface area contributed by atoms with Gasteiger partial charge in [0.15, 0.2) is 0 Å². The molecule has 1 atom stereocenters. The van der Waals surface area contributed by atoms with E-state index < -0.39 is 0 Å². The maximum absolute atomic E-state index is 12.7. The second kappa shape index (κ2) is 7.31. The number of carbonyl (C=O) groups excluding carboxylic acids is 1. The highest BCUT2D eigenvalue weighted by Crippen LogP contribution is 2.23. The summed E-state index contributed by atoms with van der Waals surface area (Å²) in [6.45, 7) is 2.04. The Bertz CT molecular complexity index is 1020. The summed E-state index contributed by atoms with van der Waals surface area (Å²) in [6, 6.07) is 11.7. The molecule has 2 aromatic heterocycles. The van der Waals surface area contributed by atoms with Gasteiger partial charge in [-0.1, -0.05) is 18.2 Å². The molecule has 3 heterocycles. The van der Waals surface area contributed by atoms with Crippen LogP contribution in [0.2, 0.25) is 0 Å². The van der Waals surface area contributed by atoms with Gasteiger partial charge in [0.25, 0.3) is 5.56 Å². The number of hydrogen-bond donors (Lipinski definition) is 2. The normalized spacial score (nSPS) is 17.2. The highest BCUT2D eigenvalue weighted by molar-refractivity contribution is 5.84. The van der Waals surface area contributed by atoms with Gasteiger partial charge >= 0.3 is 0 Å². The number of nitrogens with one attached hydrogen (secondary N) is 2. The molecule has 0 radical (unpaired) electrons. The van der Waals surface area contributed by atoms with Gasteiger partial charge in [-0.05, 0) is 30.5 Å². The van der Waals surface area contributed by atoms with Gasteiger partial charge < -0.3 is 19.8 Å². The summed E-state index contributed by atoms with van der Waals surface area (Å²) in [6.07, 6.45) is 5.55. The van der Waals surface area contributed by atoms with Crippen LogP contribution >= 0.6 is 0 Å². The number of rotatable bonds is 4. The van der Waals surface area contributed by atoms with E-state index in [0.29, 0.717) is 13.1 Å². The first kappa shape index (κ1) is 17.4. The van der Waals surface area contributed by atoms with Crippen molar-refractivity contribution in [1.82, 2.24) is 14.9 Å². The summed E-state index contributed by atoms with van der Waals surface area (Å²) < 4.78 is 1.55. The number of amides is 1. The molecule has 1 unspecified atom stereocenters. The van der Waals surface area contributed by atoms with Crippen LogP contribution in [0, 0.1) is 5.92 Å². The molecule has 6 heteroatoms. The number of anilines is 1. The number of benzene rings is 1. The van der Waals surface area contributed by atoms with Crippen LogP contribution in [0.15, 0.2) is 53.6 Å². The second-order valence-corrected chi connectivity index (χ2v) is 7.20. The minimum atomic E-state index is -0.0620. The van der Waals surface area contributed by atoms with Crippen molar-refractivity contribution >= 4 is 22.5 Å². The van der Waals surface area contributed by atoms with Crippen LogP contribution in [0.3, 0.4) is 0 Å². The second-order valence-electron chi connectivity index (χ2n) is 7.20. The third-order valence-corrected chi connectivity index (χ3v) is 5.37. The van der Waals surface area contributed by atoms with Crippen LogP contribution in [0.1, 0.15) is 18.4 Å². The lowest BCUT2D eigenvalue weighted by atomic mass is 9.96. The smallest absolute Gasteiger partial charge is 0.252 e. The number of aromatic amines is 1. The Morgan fingerprint density at radius 2 is 2.15 bits per heavy atom. The van der Waals surface area contributed by atoms with E-state index in [1.54, 1.807) is 23.9 Å². The monoisotopic (exact) mass is 364 g/mol. The average Bonchev–Trinajstić information content (AvgIpc) is 3.11. The van der Waals surface area contributed by atoms with Gasteiger partial charge in [0.05, 0.1) is 5.92 Å². The van der Waals surface area contributed by atoms with Crippen molar-refractivity contribution in [1.29, 1.82) is 0 Å². The number of H-pyrrole nitrogens is 1. The fraction of sp³-hybridized carbons (Fsp3) is 0.333. The molecule has 0 spiro atoms. The van der Waals surface area contributed by atoms with Crippen LogP contribution in [0.25, 0.3) is 10.9 Å². The SMILES string of the molecule is Cn1ccc(N2CCCC(C(=O)NCc3c[nH]c4ccccc34)C2)cc1=O. The Balaban J connectivity index is 1.41. The first-order chi connectivity index (χ1) is 13.1. The van der Waals surface area contributed by atoms with Gasteiger partial charge in [0, 0.05) is 61.7 Å². The van der Waals surface area contributed by atoms with Crippen LogP contribution in [-0.4, -0.2) is 28.5 Å². The molecular formula is C21H24N4O2. The number of carbonyl (C=O) groups is 1. The Morgan fingerprint density at radius 1 is 1.30 bits per heavy atom. The van der Waals surface area contributed by atoms with Gasteiger partial charge in [0.2, 0.25) is 5.91 Å². The highest BCUT2D eigenvalue weighted by Gasteiger charge is 2.26. The van der Waals surface area contributed by atoms with Crippen molar-refractivity contribution in [3.05, 3.63) is 64.7 Å². The van der Waals surface area contributed by atoms with E-state index in [0.717, 1.165) is 41.5 Å². The number of fused-ring (bicyclic) bond motifs is 1. The molecule has 140 valence electrons. The molecule has 3 aromatic rings. The molecule has 4 rings (SSSR count). The van der Waals surface area contributed by atoms with Gasteiger partial charge in [-0.25, -0.2) is 0 Å². The highest BCUT2D eigenvalue weighted by atomic mass is 16.2. The quantitative estimate of drug-likeness (QED) is 0.747. The summed E-state index contributed by atoms with van der Waals surface area (Å²) in [5.74, 6) is 0.0156. The van der Waals surface area contributed by atoms with Crippen molar-refractivity contribution in [3.63, 3.8) is 0 Å². The van der Waals surface area contributed by atoms with Crippen molar-refractivity contribution < 1.29 is 4.79 Å². The molecule has 1 aliphatic heterocycles. The van der Waals surface area contributed by atoms with Gasteiger partial charge in [-0.2, -0.15) is 0 Å². The molecule has 1 amide bonds. The van der Waals surface area contributed by atoms with E-state index in [1.807, 2.05) is 30.5 Å². The minimum absolute atomic E-state index is 0.0292. The molecule has 2 N–H and O–H groups in total. The molecule has 0 bridgehead atoms. The number of nitrogens with zero attached hydrogens (tertiary/aromatic N) is 2. The van der Waals surface area contributed by atoms with E-state index in [-0.39, 0.29) is 17.4 Å². The molecule has 1 aliphatic rings. The predicted molar refractivity (Wildman–Crippen MR) is 107 cm³/mol. The van der Waals surface area contributed by atoms with Crippen LogP contribution in [-0.2, 0) is 18.4 Å². The van der Waals surface area contributed by atoms with Crippen molar-refractivity contribution in [2.45, 2.75) is 19.4 Å². The summed E-state index contributed by atoms with van der Waals surface area (Å²) in [7, 11) is 1.74. The molecule has 1 saturated heterocycles. The van der Waals surface area contributed by atoms with Crippen molar-refractivity contribution in [3.8, 4) is 0 Å². The number of aryl methyl sites for hydroxylation is 1. The Kier molecular flexibility index (Phi) is 4.71. The number of pyridine rings is 1. The van der Waals surface area contributed by atoms with Crippen LogP contribution in [0.5, 0.6) is 0 Å². The fourth-order valence-corrected chi connectivity index (χ4v) is 3.76. The van der Waals surface area contributed by atoms with E-state index in [9.17, 15) is 9.59 Å². The zero-order valence-corrected chi connectivity index (χ0v) is 15.4. The minimum Gasteiger partial charge on any atom is -0.371 e. The van der Waals surface area contributed by atoms with Crippen molar-refractivity contribution in [2.75, 3.05) is 18.0 Å². The first-order valence-corrected chi connectivity index (χ1v) is 9.36. The number of piperidine rings is 1. The topological polar surface area (TPSA) is 70.1 Å². The summed E-state index contributed by atoms with van der Waals surface area (Å²) in [4.78, 5) is 30.0. The lowest BCUT2D eigenvalue weighted by molar-refractivity contribution is -0.125. The third kappa shape index (κ3) is 3.60. The molecule has 1 aromatic carbocycles. The largest absolute Gasteiger partial charge is 0.371 e. The Labute approximate surface area is 157 Å². The summed E-state index contributed by atoms with van der Waals surface area (Å²) >= 11 is 0. The standard InChI is InChI=1S/C21H24N4O2/c1-24-10-8-17(11-20(24)26)25-9-4-5-15(14-25)21(27)23-13-16-12-22-19-7-3-2-6-18(16)19/h2-3,6-8,10-12,15,22H,4-5,9,13-14H2,1H3,(H,23,27). The maximum atomic E-state index is 12.7. The molecule has 27 heavy (non-hydrogen) atoms. The van der Waals surface area contributed by atoms with Gasteiger partial charge in [-0.15, -0.1) is 0 Å². The zero-order valence-electron chi connectivity index (χ0n) is 15.4. The van der Waals surface area contributed by atoms with Crippen LogP contribution < -0.4 is 15.8 Å². The lowest BCUT2D eigenvalue weighted by Gasteiger charge is -2.33. The van der Waals surface area contributed by atoms with E-state index >= 15 is 0 Å². The Morgan fingerprint density at radius 3 is 3.00 bits per heavy atom. The summed E-state index contributed by atoms with van der Waals surface area (Å²) in [5, 5.41) is 4.23. The van der Waals surface area contributed by atoms with Crippen LogP contribution in [0.4, 0.5) is 5.69 Å². The number of hydrogen-bond acceptors (Lipinski definition) is 3. The lowest BCUT2D eigenvalue weighted by Crippen LogP contribution is -2.43. The summed E-state index contributed by atoms with van der Waals surface area (Å²) in [5.41, 5.74) is 3.04. The van der Waals surface area contributed by atoms with E-state index in [2.05, 4.69) is 21.3 Å². The molecular weight excluding hydrogens is 340 g/mol. The van der Waals surface area contributed by atoms with E-state index in [4.69, 9.17) is 0 Å². The fourth-order valence-electron chi connectivity index (χ4n) is 3.76. The van der Waals surface area contributed by atoms with E-state index in [1.165, 1.54) is 0 Å². The predicted octanol–water partition coefficient (Wildman–Crippen LogP) is 2.40. The van der Waals surface area contributed by atoms with Gasteiger partial charge in [0.1, 0.15) is 0 Å². The van der Waals surface area contributed by atoms with Crippen molar-refractivity contribution in [2.24, 2.45) is 13.0 Å². The Hall–Kier alpha value is -3.02. The van der Waals surface area contributed by atoms with Gasteiger partial charge in [-0.3, -0.25) is 9.59 Å². The first-order valence-electron chi connectivity index (χ1n) is 9.36. The zero-order chi connectivity index (χ0) is 18.8. The molecule has 0 aliphatic carbocycles. The molecule has 1 fully saturated rings. The maximum Gasteiger partial charge on any atom is 0.252 e. The molecule has 6 nitrogen and oxygen atoms in total. The number of aromatic nitrogens is 2.